The van der Waals surface area contributed by atoms with E-state index >= 15 is 0 Å². The van der Waals surface area contributed by atoms with Crippen molar-refractivity contribution in [2.24, 2.45) is 0 Å². The molecule has 8 heteroatoms. The van der Waals surface area contributed by atoms with Gasteiger partial charge in [-0.05, 0) is 28.7 Å². The smallest absolute Gasteiger partial charge is 0.407 e. The van der Waals surface area contributed by atoms with E-state index in [0.717, 1.165) is 28.7 Å². The van der Waals surface area contributed by atoms with Crippen LogP contribution in [0.2, 0.25) is 0 Å². The van der Waals surface area contributed by atoms with Gasteiger partial charge in [-0.3, -0.25) is 9.63 Å². The molecule has 2 aromatic carbocycles. The van der Waals surface area contributed by atoms with Gasteiger partial charge in [0.15, 0.2) is 6.61 Å². The molecule has 1 atom stereocenters. The van der Waals surface area contributed by atoms with Crippen molar-refractivity contribution in [3.05, 3.63) is 59.7 Å². The van der Waals surface area contributed by atoms with Crippen LogP contribution < -0.4 is 10.8 Å². The number of carboxylic acids is 1. The van der Waals surface area contributed by atoms with E-state index in [9.17, 15) is 14.4 Å². The molecule has 31 heavy (non-hydrogen) atoms. The lowest BCUT2D eigenvalue weighted by Crippen LogP contribution is -2.47. The molecule has 1 aliphatic carbocycles. The van der Waals surface area contributed by atoms with Crippen LogP contribution in [-0.2, 0) is 19.2 Å². The summed E-state index contributed by atoms with van der Waals surface area (Å²) in [5.74, 6) is -1.92. The molecule has 0 aromatic heterocycles. The molecule has 0 spiro atoms. The van der Waals surface area contributed by atoms with E-state index in [0.29, 0.717) is 12.8 Å². The standard InChI is InChI=1S/C23H26N2O6/c1-2-3-12-20(22(28)25-31-14-21(26)27)24-23(29)30-13-19-17-10-6-4-8-15(17)16-9-5-7-11-18(16)19/h4-11,19-20H,2-3,12-14H2,1H3,(H,24,29)(H,25,28)(H,26,27). The van der Waals surface area contributed by atoms with E-state index in [-0.39, 0.29) is 12.5 Å². The van der Waals surface area contributed by atoms with Crippen molar-refractivity contribution in [3.8, 4) is 11.1 Å². The van der Waals surface area contributed by atoms with Crippen LogP contribution in [-0.4, -0.2) is 42.3 Å². The Morgan fingerprint density at radius 2 is 1.65 bits per heavy atom. The molecule has 1 unspecified atom stereocenters. The zero-order chi connectivity index (χ0) is 22.2. The lowest BCUT2D eigenvalue weighted by Gasteiger charge is -2.19. The van der Waals surface area contributed by atoms with Gasteiger partial charge in [-0.1, -0.05) is 68.3 Å². The molecule has 0 saturated heterocycles. The van der Waals surface area contributed by atoms with Gasteiger partial charge in [-0.15, -0.1) is 0 Å². The third kappa shape index (κ3) is 5.61. The van der Waals surface area contributed by atoms with Crippen LogP contribution in [0.1, 0.15) is 43.2 Å². The number of unbranched alkanes of at least 4 members (excludes halogenated alkanes) is 1. The molecule has 0 aliphatic heterocycles. The molecule has 1 aliphatic rings. The number of carbonyl (C=O) groups excluding carboxylic acids is 2. The highest BCUT2D eigenvalue weighted by molar-refractivity contribution is 5.85. The van der Waals surface area contributed by atoms with Crippen molar-refractivity contribution in [2.75, 3.05) is 13.2 Å². The second-order valence-electron chi connectivity index (χ2n) is 7.31. The first-order chi connectivity index (χ1) is 15.0. The highest BCUT2D eigenvalue weighted by atomic mass is 16.7. The Kier molecular flexibility index (Phi) is 7.61. The molecular weight excluding hydrogens is 400 g/mol. The maximum atomic E-state index is 12.4. The average molecular weight is 426 g/mol. The van der Waals surface area contributed by atoms with E-state index in [1.807, 2.05) is 43.3 Å². The minimum absolute atomic E-state index is 0.0834. The van der Waals surface area contributed by atoms with Gasteiger partial charge in [0.1, 0.15) is 12.6 Å². The zero-order valence-corrected chi connectivity index (χ0v) is 17.3. The van der Waals surface area contributed by atoms with Crippen LogP contribution in [0.25, 0.3) is 11.1 Å². The predicted molar refractivity (Wildman–Crippen MR) is 113 cm³/mol. The first kappa shape index (κ1) is 22.3. The third-order valence-electron chi connectivity index (χ3n) is 5.17. The van der Waals surface area contributed by atoms with Crippen molar-refractivity contribution in [2.45, 2.75) is 38.1 Å². The lowest BCUT2D eigenvalue weighted by atomic mass is 9.98. The van der Waals surface area contributed by atoms with Crippen molar-refractivity contribution < 1.29 is 29.1 Å². The summed E-state index contributed by atoms with van der Waals surface area (Å²) in [6, 6.07) is 15.2. The van der Waals surface area contributed by atoms with Gasteiger partial charge >= 0.3 is 12.1 Å². The van der Waals surface area contributed by atoms with E-state index < -0.39 is 30.6 Å². The van der Waals surface area contributed by atoms with E-state index in [2.05, 4.69) is 27.8 Å². The van der Waals surface area contributed by atoms with Crippen LogP contribution in [0, 0.1) is 0 Å². The van der Waals surface area contributed by atoms with Crippen molar-refractivity contribution >= 4 is 18.0 Å². The quantitative estimate of drug-likeness (QED) is 0.503. The Bertz CT molecular complexity index is 900. The van der Waals surface area contributed by atoms with Crippen LogP contribution in [0.5, 0.6) is 0 Å². The topological polar surface area (TPSA) is 114 Å². The number of benzene rings is 2. The molecule has 2 aromatic rings. The molecule has 0 bridgehead atoms. The number of alkyl carbamates (subject to hydrolysis) is 1. The SMILES string of the molecule is CCCCC(NC(=O)OCC1c2ccccc2-c2ccccc21)C(=O)NOCC(=O)O. The number of amides is 2. The van der Waals surface area contributed by atoms with Gasteiger partial charge < -0.3 is 15.2 Å². The summed E-state index contributed by atoms with van der Waals surface area (Å²) in [5.41, 5.74) is 6.51. The summed E-state index contributed by atoms with van der Waals surface area (Å²) in [7, 11) is 0. The number of fused-ring (bicyclic) bond motifs is 3. The van der Waals surface area contributed by atoms with Gasteiger partial charge in [-0.25, -0.2) is 15.1 Å². The van der Waals surface area contributed by atoms with Crippen LogP contribution in [0.3, 0.4) is 0 Å². The zero-order valence-electron chi connectivity index (χ0n) is 17.3. The molecule has 2 amide bonds. The predicted octanol–water partition coefficient (Wildman–Crippen LogP) is 3.22. The monoisotopic (exact) mass is 426 g/mol. The number of aliphatic carboxylic acids is 1. The second kappa shape index (κ2) is 10.6. The molecule has 8 nitrogen and oxygen atoms in total. The fourth-order valence-corrected chi connectivity index (χ4v) is 3.70. The number of hydrogen-bond donors (Lipinski definition) is 3. The van der Waals surface area contributed by atoms with E-state index in [4.69, 9.17) is 9.84 Å². The summed E-state index contributed by atoms with van der Waals surface area (Å²) in [6.45, 7) is 1.43. The lowest BCUT2D eigenvalue weighted by molar-refractivity contribution is -0.150. The number of ether oxygens (including phenoxy) is 1. The molecule has 3 N–H and O–H groups in total. The fourth-order valence-electron chi connectivity index (χ4n) is 3.70. The third-order valence-corrected chi connectivity index (χ3v) is 5.17. The van der Waals surface area contributed by atoms with Crippen LogP contribution in [0.15, 0.2) is 48.5 Å². The van der Waals surface area contributed by atoms with Gasteiger partial charge in [0.2, 0.25) is 0 Å². The summed E-state index contributed by atoms with van der Waals surface area (Å²) in [6.07, 6.45) is 1.19. The average Bonchev–Trinajstić information content (AvgIpc) is 3.08. The second-order valence-corrected chi connectivity index (χ2v) is 7.31. The van der Waals surface area contributed by atoms with Crippen molar-refractivity contribution in [3.63, 3.8) is 0 Å². The summed E-state index contributed by atoms with van der Waals surface area (Å²) < 4.78 is 5.48. The van der Waals surface area contributed by atoms with E-state index in [1.165, 1.54) is 0 Å². The first-order valence-corrected chi connectivity index (χ1v) is 10.3. The van der Waals surface area contributed by atoms with Gasteiger partial charge in [0.05, 0.1) is 0 Å². The van der Waals surface area contributed by atoms with Gasteiger partial charge in [0, 0.05) is 5.92 Å². The van der Waals surface area contributed by atoms with E-state index in [1.54, 1.807) is 0 Å². The number of rotatable bonds is 10. The minimum Gasteiger partial charge on any atom is -0.479 e. The largest absolute Gasteiger partial charge is 0.479 e. The summed E-state index contributed by atoms with van der Waals surface area (Å²) in [4.78, 5) is 39.8. The number of nitrogens with one attached hydrogen (secondary N) is 2. The summed E-state index contributed by atoms with van der Waals surface area (Å²) in [5, 5.41) is 11.2. The Morgan fingerprint density at radius 3 is 2.23 bits per heavy atom. The van der Waals surface area contributed by atoms with Gasteiger partial charge in [-0.2, -0.15) is 0 Å². The molecule has 3 rings (SSSR count). The maximum Gasteiger partial charge on any atom is 0.407 e. The Labute approximate surface area is 180 Å². The number of hydroxylamine groups is 1. The number of hydrogen-bond acceptors (Lipinski definition) is 5. The summed E-state index contributed by atoms with van der Waals surface area (Å²) >= 11 is 0. The fraction of sp³-hybridized carbons (Fsp3) is 0.348. The maximum absolute atomic E-state index is 12.4. The normalized spacial score (nSPS) is 13.1. The highest BCUT2D eigenvalue weighted by Gasteiger charge is 2.29. The molecular formula is C23H26N2O6. The molecule has 0 radical (unpaired) electrons. The van der Waals surface area contributed by atoms with Crippen molar-refractivity contribution in [1.82, 2.24) is 10.8 Å². The Hall–Kier alpha value is -3.39. The number of carboxylic acid groups (broad SMARTS) is 1. The molecule has 0 fully saturated rings. The molecule has 164 valence electrons. The highest BCUT2D eigenvalue weighted by Crippen LogP contribution is 2.44. The van der Waals surface area contributed by atoms with Gasteiger partial charge in [0.25, 0.3) is 5.91 Å². The first-order valence-electron chi connectivity index (χ1n) is 10.3. The Morgan fingerprint density at radius 1 is 1.03 bits per heavy atom. The van der Waals surface area contributed by atoms with Crippen LogP contribution >= 0.6 is 0 Å². The minimum atomic E-state index is -1.21. The van der Waals surface area contributed by atoms with Crippen LogP contribution in [0.4, 0.5) is 4.79 Å². The molecule has 0 saturated carbocycles. The Balaban J connectivity index is 1.61. The van der Waals surface area contributed by atoms with Crippen molar-refractivity contribution in [1.29, 1.82) is 0 Å². The number of carbonyl (C=O) groups is 3. The molecule has 0 heterocycles.